The number of nitrogens with two attached hydrogens (primary N) is 1. The van der Waals surface area contributed by atoms with Crippen molar-refractivity contribution in [1.82, 2.24) is 15.2 Å². The molecule has 2 atom stereocenters. The van der Waals surface area contributed by atoms with E-state index >= 15 is 0 Å². The van der Waals surface area contributed by atoms with Gasteiger partial charge in [0.2, 0.25) is 0 Å². The lowest BCUT2D eigenvalue weighted by molar-refractivity contribution is -0.671. The van der Waals surface area contributed by atoms with E-state index in [0.717, 1.165) is 42.7 Å². The molecule has 2 aromatic heterocycles. The number of amides is 3. The number of thioether (sulfide) groups is 1. The van der Waals surface area contributed by atoms with Crippen LogP contribution in [0.5, 0.6) is 0 Å². The summed E-state index contributed by atoms with van der Waals surface area (Å²) in [5, 5.41) is 18.1. The Morgan fingerprint density at radius 2 is 1.98 bits per heavy atom. The van der Waals surface area contributed by atoms with Crippen LogP contribution in [0.15, 0.2) is 58.0 Å². The number of hydrogen-bond acceptors (Lipinski definition) is 10. The molecule has 4 N–H and O–H groups in total. The lowest BCUT2D eigenvalue weighted by Gasteiger charge is -2.49. The van der Waals surface area contributed by atoms with Gasteiger partial charge in [0.15, 0.2) is 23.2 Å². The first-order chi connectivity index (χ1) is 20.7. The standard InChI is InChI=1S/C28H29N7O6S2.HI/c1-33-9-7-17(8-10-33)34-11-6-15(24(34)37)12-16-13-42-26-21(25(38)35(26)22(16)27(39)40)31-23(36)20(19-14-43-28(29)30-19)32-41-18-4-2-3-5-18;/h7-10,12,14,18,21,26H,2-6,11,13H2,1H3,(H3-,29,30,31,36,39,40);1H. The first-order valence-corrected chi connectivity index (χ1v) is 15.8. The molecule has 1 aliphatic carbocycles. The molecule has 0 aromatic carbocycles. The first kappa shape index (κ1) is 31.9. The average molecular weight is 752 g/mol. The number of nitrogens with one attached hydrogen (secondary N) is 1. The van der Waals surface area contributed by atoms with Crippen LogP contribution in [0.3, 0.4) is 0 Å². The van der Waals surface area contributed by atoms with Gasteiger partial charge in [-0.25, -0.2) is 14.3 Å². The monoisotopic (exact) mass is 751 g/mol. The topological polar surface area (TPSA) is 171 Å². The third-order valence-corrected chi connectivity index (χ3v) is 9.78. The van der Waals surface area contributed by atoms with Gasteiger partial charge in [-0.15, -0.1) is 23.1 Å². The summed E-state index contributed by atoms with van der Waals surface area (Å²) in [6, 6.07) is 2.71. The van der Waals surface area contributed by atoms with Crippen molar-refractivity contribution in [3.63, 3.8) is 0 Å². The van der Waals surface area contributed by atoms with Gasteiger partial charge in [0.25, 0.3) is 17.7 Å². The van der Waals surface area contributed by atoms with Crippen molar-refractivity contribution < 1.29 is 57.7 Å². The van der Waals surface area contributed by atoms with Gasteiger partial charge in [0.1, 0.15) is 36.0 Å². The fraction of sp³-hybridized carbons (Fsp3) is 0.393. The Morgan fingerprint density at radius 3 is 2.64 bits per heavy atom. The largest absolute Gasteiger partial charge is 1.00 e. The number of nitrogen functional groups attached to an aromatic ring is 1. The summed E-state index contributed by atoms with van der Waals surface area (Å²) in [5.41, 5.74) is 7.34. The van der Waals surface area contributed by atoms with Crippen LogP contribution in [0.4, 0.5) is 10.8 Å². The molecule has 0 spiro atoms. The Bertz CT molecular complexity index is 1580. The van der Waals surface area contributed by atoms with E-state index in [2.05, 4.69) is 15.5 Å². The highest BCUT2D eigenvalue weighted by molar-refractivity contribution is 8.00. The lowest BCUT2D eigenvalue weighted by Crippen LogP contribution is -3.00. The van der Waals surface area contributed by atoms with Crippen molar-refractivity contribution in [3.8, 4) is 0 Å². The number of carbonyl (C=O) groups is 4. The smallest absolute Gasteiger partial charge is 0.352 e. The molecule has 2 unspecified atom stereocenters. The normalized spacial score (nSPS) is 23.0. The highest BCUT2D eigenvalue weighted by Crippen LogP contribution is 2.41. The molecule has 3 amide bonds. The number of nitrogens with zero attached hydrogens (tertiary/aromatic N) is 5. The number of carbonyl (C=O) groups excluding carboxylic acids is 3. The maximum atomic E-state index is 13.3. The molecule has 3 fully saturated rings. The summed E-state index contributed by atoms with van der Waals surface area (Å²) in [6.07, 6.45) is 9.36. The van der Waals surface area contributed by atoms with Crippen LogP contribution in [-0.2, 0) is 31.1 Å². The van der Waals surface area contributed by atoms with Gasteiger partial charge >= 0.3 is 5.97 Å². The summed E-state index contributed by atoms with van der Waals surface area (Å²) in [5.74, 6) is -2.47. The Labute approximate surface area is 278 Å². The first-order valence-electron chi connectivity index (χ1n) is 13.9. The maximum absolute atomic E-state index is 13.3. The molecule has 16 heteroatoms. The molecular weight excluding hydrogens is 721 g/mol. The van der Waals surface area contributed by atoms with Crippen LogP contribution in [0.2, 0.25) is 0 Å². The quantitative estimate of drug-likeness (QED) is 0.0712. The maximum Gasteiger partial charge on any atom is 0.352 e. The number of hydrogen-bond donors (Lipinski definition) is 3. The molecule has 0 bridgehead atoms. The molecule has 1 saturated carbocycles. The average Bonchev–Trinajstić information content (AvgIpc) is 3.75. The van der Waals surface area contributed by atoms with Crippen LogP contribution in [-0.4, -0.2) is 74.2 Å². The summed E-state index contributed by atoms with van der Waals surface area (Å²) in [6.45, 7) is 0.472. The number of anilines is 2. The Balaban J connectivity index is 0.00000384. The fourth-order valence-electron chi connectivity index (χ4n) is 5.56. The highest BCUT2D eigenvalue weighted by atomic mass is 127. The van der Waals surface area contributed by atoms with Crippen molar-refractivity contribution in [2.75, 3.05) is 22.9 Å². The third kappa shape index (κ3) is 6.19. The van der Waals surface area contributed by atoms with Crippen molar-refractivity contribution in [2.24, 2.45) is 12.2 Å². The van der Waals surface area contributed by atoms with E-state index in [-0.39, 0.29) is 64.0 Å². The van der Waals surface area contributed by atoms with Crippen LogP contribution in [0.1, 0.15) is 37.8 Å². The number of halogens is 1. The minimum Gasteiger partial charge on any atom is -1.00 e. The van der Waals surface area contributed by atoms with Gasteiger partial charge in [-0.2, -0.15) is 0 Å². The molecule has 2 saturated heterocycles. The molecule has 4 aliphatic rings. The predicted molar refractivity (Wildman–Crippen MR) is 159 cm³/mol. The fourth-order valence-corrected chi connectivity index (χ4v) is 7.42. The van der Waals surface area contributed by atoms with Crippen LogP contribution >= 0.6 is 23.1 Å². The van der Waals surface area contributed by atoms with Crippen molar-refractivity contribution in [1.29, 1.82) is 0 Å². The van der Waals surface area contributed by atoms with Gasteiger partial charge in [-0.3, -0.25) is 19.3 Å². The second-order valence-corrected chi connectivity index (χ2v) is 12.7. The zero-order chi connectivity index (χ0) is 30.2. The minimum absolute atomic E-state index is 0. The number of pyridine rings is 1. The van der Waals surface area contributed by atoms with Crippen molar-refractivity contribution in [3.05, 3.63) is 58.5 Å². The van der Waals surface area contributed by atoms with E-state index in [1.807, 2.05) is 36.1 Å². The van der Waals surface area contributed by atoms with E-state index in [0.29, 0.717) is 24.1 Å². The molecule has 232 valence electrons. The number of allylic oxidation sites excluding steroid dienone is 1. The van der Waals surface area contributed by atoms with Crippen LogP contribution in [0.25, 0.3) is 0 Å². The zero-order valence-electron chi connectivity index (χ0n) is 23.6. The van der Waals surface area contributed by atoms with E-state index in [4.69, 9.17) is 10.6 Å². The molecule has 5 heterocycles. The number of carboxylic acid groups (broad SMARTS) is 1. The van der Waals surface area contributed by atoms with Gasteiger partial charge < -0.3 is 49.9 Å². The van der Waals surface area contributed by atoms with Crippen LogP contribution < -0.4 is 44.5 Å². The summed E-state index contributed by atoms with van der Waals surface area (Å²) in [4.78, 5) is 64.8. The molecular formula is C28H30IN7O6S2. The van der Waals surface area contributed by atoms with Crippen molar-refractivity contribution >= 4 is 63.3 Å². The number of carboxylic acids is 1. The number of fused-ring (bicyclic) bond motifs is 1. The van der Waals surface area contributed by atoms with Gasteiger partial charge in [0.05, 0.1) is 5.69 Å². The third-order valence-electron chi connectivity index (χ3n) is 7.81. The second kappa shape index (κ2) is 13.2. The van der Waals surface area contributed by atoms with E-state index < -0.39 is 29.2 Å². The number of oxime groups is 1. The summed E-state index contributed by atoms with van der Waals surface area (Å²) >= 11 is 2.46. The Morgan fingerprint density at radius 1 is 1.25 bits per heavy atom. The molecule has 6 rings (SSSR count). The highest BCUT2D eigenvalue weighted by Gasteiger charge is 2.54. The molecule has 13 nitrogen and oxygen atoms in total. The van der Waals surface area contributed by atoms with E-state index in [1.165, 1.54) is 16.7 Å². The summed E-state index contributed by atoms with van der Waals surface area (Å²) in [7, 11) is 1.89. The number of thiazole rings is 1. The number of aryl methyl sites for hydroxylation is 1. The lowest BCUT2D eigenvalue weighted by atomic mass is 10.0. The summed E-state index contributed by atoms with van der Waals surface area (Å²) < 4.78 is 1.87. The molecule has 2 aromatic rings. The predicted octanol–water partition coefficient (Wildman–Crippen LogP) is -1.68. The zero-order valence-corrected chi connectivity index (χ0v) is 27.4. The van der Waals surface area contributed by atoms with E-state index in [9.17, 15) is 24.3 Å². The second-order valence-electron chi connectivity index (χ2n) is 10.7. The number of aliphatic carboxylic acids is 1. The Hall–Kier alpha value is -3.51. The minimum atomic E-state index is -1.28. The number of rotatable bonds is 8. The van der Waals surface area contributed by atoms with Crippen LogP contribution in [0, 0.1) is 0 Å². The molecule has 44 heavy (non-hydrogen) atoms. The van der Waals surface area contributed by atoms with Crippen molar-refractivity contribution in [2.45, 2.75) is 49.6 Å². The Kier molecular flexibility index (Phi) is 9.59. The number of aromatic nitrogens is 2. The molecule has 0 radical (unpaired) electrons. The van der Waals surface area contributed by atoms with E-state index in [1.54, 1.807) is 16.4 Å². The molecule has 3 aliphatic heterocycles. The number of β-lactam (4-membered cyclic amide) rings is 1. The van der Waals surface area contributed by atoms with Gasteiger partial charge in [0, 0.05) is 35.4 Å². The van der Waals surface area contributed by atoms with Gasteiger partial charge in [-0.05, 0) is 43.8 Å². The SMILES string of the molecule is C[n+]1ccc(N2CCC(=CC3=C(C(=O)O)N4C(=O)C(NC(=O)C(=NOC5CCCC5)c5csc(N)n5)C4SC3)C2=O)cc1.[I-]. The van der Waals surface area contributed by atoms with Gasteiger partial charge in [-0.1, -0.05) is 5.16 Å².